The van der Waals surface area contributed by atoms with Crippen molar-refractivity contribution in [2.24, 2.45) is 17.6 Å². The summed E-state index contributed by atoms with van der Waals surface area (Å²) < 4.78 is 15.8. The van der Waals surface area contributed by atoms with Crippen molar-refractivity contribution < 1.29 is 33.4 Å². The predicted molar refractivity (Wildman–Crippen MR) is 111 cm³/mol. The molecule has 2 aliphatic heterocycles. The number of aromatic nitrogens is 2. The number of thioether (sulfide) groups is 1. The highest BCUT2D eigenvalue weighted by molar-refractivity contribution is 7.99. The topological polar surface area (TPSA) is 130 Å². The maximum atomic E-state index is 12.8. The van der Waals surface area contributed by atoms with Crippen LogP contribution >= 0.6 is 23.1 Å². The van der Waals surface area contributed by atoms with Crippen molar-refractivity contribution in [3.05, 3.63) is 22.6 Å². The van der Waals surface area contributed by atoms with Gasteiger partial charge < -0.3 is 20.8 Å². The summed E-state index contributed by atoms with van der Waals surface area (Å²) in [6.45, 7) is 4.59. The number of aliphatic carboxylic acids is 1. The standard InChI is InChI=1S/C19H21FN4O5S2/c1-7-10(13(18(27)28)24-12(7)11(9(3)25)15(24)26)14-8(2)22-6-23(19(21)29)16(17(22)31-14)30-5-4-20/h6-7,9,11-12,25H,4-5H2,1-3H3,(H2-,21,27,28,29)/p+1/t7-,9+,11+,12-/m0/s1. The van der Waals surface area contributed by atoms with Gasteiger partial charge in [0, 0.05) is 17.2 Å². The molecule has 2 aromatic heterocycles. The smallest absolute Gasteiger partial charge is 0.411 e. The fourth-order valence-electron chi connectivity index (χ4n) is 4.58. The van der Waals surface area contributed by atoms with Crippen LogP contribution in [0.3, 0.4) is 0 Å². The molecule has 2 aliphatic rings. The highest BCUT2D eigenvalue weighted by Crippen LogP contribution is 2.52. The number of alkyl halides is 1. The Bertz CT molecular complexity index is 1150. The second kappa shape index (κ2) is 7.61. The van der Waals surface area contributed by atoms with E-state index < -0.39 is 42.6 Å². The lowest BCUT2D eigenvalue weighted by Gasteiger charge is -2.46. The number of amides is 2. The maximum Gasteiger partial charge on any atom is 0.411 e. The number of primary amides is 1. The van der Waals surface area contributed by atoms with E-state index in [-0.39, 0.29) is 17.4 Å². The van der Waals surface area contributed by atoms with E-state index in [9.17, 15) is 29.0 Å². The van der Waals surface area contributed by atoms with Crippen LogP contribution in [0.25, 0.3) is 10.4 Å². The maximum absolute atomic E-state index is 12.8. The van der Waals surface area contributed by atoms with E-state index in [0.29, 0.717) is 26.0 Å². The van der Waals surface area contributed by atoms with Gasteiger partial charge >= 0.3 is 12.0 Å². The van der Waals surface area contributed by atoms with Gasteiger partial charge in [0.1, 0.15) is 11.4 Å². The first-order chi connectivity index (χ1) is 14.6. The molecule has 4 rings (SSSR count). The Kier molecular flexibility index (Phi) is 5.34. The molecule has 12 heteroatoms. The Balaban J connectivity index is 1.89. The zero-order valence-electron chi connectivity index (χ0n) is 17.0. The normalized spacial score (nSPS) is 24.0. The van der Waals surface area contributed by atoms with Crippen molar-refractivity contribution in [1.29, 1.82) is 0 Å². The van der Waals surface area contributed by atoms with Crippen molar-refractivity contribution in [2.45, 2.75) is 37.9 Å². The largest absolute Gasteiger partial charge is 0.477 e. The van der Waals surface area contributed by atoms with Crippen LogP contribution in [0.2, 0.25) is 0 Å². The third-order valence-electron chi connectivity index (χ3n) is 5.91. The van der Waals surface area contributed by atoms with Gasteiger partial charge in [0.15, 0.2) is 0 Å². The van der Waals surface area contributed by atoms with Gasteiger partial charge in [0.05, 0.1) is 29.6 Å². The molecule has 0 bridgehead atoms. The molecule has 2 amide bonds. The molecule has 0 aromatic carbocycles. The number of aryl methyl sites for hydroxylation is 1. The number of nitrogens with two attached hydrogens (primary N) is 1. The summed E-state index contributed by atoms with van der Waals surface area (Å²) in [6, 6.07) is -1.13. The van der Waals surface area contributed by atoms with Crippen LogP contribution in [0.1, 0.15) is 24.4 Å². The van der Waals surface area contributed by atoms with E-state index in [1.165, 1.54) is 34.1 Å². The lowest BCUT2D eigenvalue weighted by molar-refractivity contribution is -0.515. The van der Waals surface area contributed by atoms with Crippen molar-refractivity contribution >= 4 is 51.4 Å². The summed E-state index contributed by atoms with van der Waals surface area (Å²) in [5, 5.41) is 20.4. The van der Waals surface area contributed by atoms with Crippen LogP contribution < -0.4 is 10.1 Å². The first-order valence-electron chi connectivity index (χ1n) is 9.65. The monoisotopic (exact) mass is 469 g/mol. The Hall–Kier alpha value is -2.44. The molecule has 4 atom stereocenters. The fourth-order valence-corrected chi connectivity index (χ4v) is 6.95. The highest BCUT2D eigenvalue weighted by atomic mass is 32.2. The van der Waals surface area contributed by atoms with E-state index in [0.717, 1.165) is 11.8 Å². The third-order valence-corrected chi connectivity index (χ3v) is 8.37. The molecule has 4 N–H and O–H groups in total. The molecule has 31 heavy (non-hydrogen) atoms. The molecular weight excluding hydrogens is 447 g/mol. The van der Waals surface area contributed by atoms with E-state index in [4.69, 9.17) is 5.73 Å². The summed E-state index contributed by atoms with van der Waals surface area (Å²) in [5.41, 5.74) is 6.59. The number of carboxylic acid groups (broad SMARTS) is 1. The lowest BCUT2D eigenvalue weighted by Crippen LogP contribution is -2.63. The highest BCUT2D eigenvalue weighted by Gasteiger charge is 2.60. The average Bonchev–Trinajstić information content (AvgIpc) is 3.28. The number of fused-ring (bicyclic) bond motifs is 2. The molecule has 0 radical (unpaired) electrons. The Morgan fingerprint density at radius 2 is 2.13 bits per heavy atom. The number of carboxylic acids is 1. The molecule has 0 saturated carbocycles. The van der Waals surface area contributed by atoms with E-state index in [2.05, 4.69) is 0 Å². The Morgan fingerprint density at radius 1 is 1.45 bits per heavy atom. The van der Waals surface area contributed by atoms with Crippen molar-refractivity contribution in [3.63, 3.8) is 0 Å². The van der Waals surface area contributed by atoms with Crippen LogP contribution in [0.5, 0.6) is 0 Å². The molecule has 0 unspecified atom stereocenters. The molecule has 0 spiro atoms. The number of imidazole rings is 1. The van der Waals surface area contributed by atoms with Gasteiger partial charge in [-0.1, -0.05) is 30.0 Å². The number of rotatable bonds is 6. The first kappa shape index (κ1) is 21.8. The van der Waals surface area contributed by atoms with Crippen molar-refractivity contribution in [3.8, 4) is 0 Å². The zero-order valence-corrected chi connectivity index (χ0v) is 18.7. The number of aliphatic hydroxyl groups excluding tert-OH is 1. The second-order valence-electron chi connectivity index (χ2n) is 7.68. The van der Waals surface area contributed by atoms with Crippen LogP contribution in [0.4, 0.5) is 9.18 Å². The number of nitrogens with zero attached hydrogens (tertiary/aromatic N) is 3. The fraction of sp³-hybridized carbons (Fsp3) is 0.474. The van der Waals surface area contributed by atoms with Gasteiger partial charge in [0.25, 0.3) is 6.33 Å². The lowest BCUT2D eigenvalue weighted by atomic mass is 9.77. The number of thiazole rings is 1. The van der Waals surface area contributed by atoms with Crippen molar-refractivity contribution in [2.75, 3.05) is 12.4 Å². The number of carbonyl (C=O) groups excluding carboxylic acids is 2. The minimum atomic E-state index is -1.21. The van der Waals surface area contributed by atoms with Crippen LogP contribution in [-0.2, 0) is 9.59 Å². The van der Waals surface area contributed by atoms with Gasteiger partial charge in [-0.3, -0.25) is 9.18 Å². The number of aliphatic hydroxyl groups is 1. The second-order valence-corrected chi connectivity index (χ2v) is 9.76. The van der Waals surface area contributed by atoms with Crippen LogP contribution in [0.15, 0.2) is 17.1 Å². The molecule has 0 aliphatic carbocycles. The predicted octanol–water partition coefficient (Wildman–Crippen LogP) is 1.24. The third kappa shape index (κ3) is 2.99. The molecule has 9 nitrogen and oxygen atoms in total. The van der Waals surface area contributed by atoms with Crippen LogP contribution in [-0.4, -0.2) is 62.2 Å². The molecule has 2 aromatic rings. The van der Waals surface area contributed by atoms with Gasteiger partial charge in [-0.15, -0.1) is 4.57 Å². The number of hydrogen-bond donors (Lipinski definition) is 3. The van der Waals surface area contributed by atoms with E-state index >= 15 is 0 Å². The SMILES string of the molecule is Cc1c(C2=C(C(=O)O)N3C(=O)[C@H]([C@@H](C)O)[C@@H]3[C@H]2C)sc2c(SCCF)n(C(N)=O)c[n+]12. The van der Waals surface area contributed by atoms with Crippen molar-refractivity contribution in [1.82, 2.24) is 9.47 Å². The van der Waals surface area contributed by atoms with Gasteiger partial charge in [0.2, 0.25) is 15.8 Å². The summed E-state index contributed by atoms with van der Waals surface area (Å²) in [4.78, 5) is 39.2. The minimum absolute atomic E-state index is 0.0762. The van der Waals surface area contributed by atoms with E-state index in [1.807, 2.05) is 6.92 Å². The molecule has 1 fully saturated rings. The summed E-state index contributed by atoms with van der Waals surface area (Å²) in [5.74, 6) is -2.43. The molecule has 166 valence electrons. The minimum Gasteiger partial charge on any atom is -0.477 e. The quantitative estimate of drug-likeness (QED) is 0.332. The average molecular weight is 470 g/mol. The molecule has 1 saturated heterocycles. The van der Waals surface area contributed by atoms with Crippen LogP contribution in [0, 0.1) is 18.8 Å². The Morgan fingerprint density at radius 3 is 2.68 bits per heavy atom. The number of hydrogen-bond acceptors (Lipinski definition) is 6. The zero-order chi connectivity index (χ0) is 22.8. The van der Waals surface area contributed by atoms with E-state index in [1.54, 1.807) is 11.3 Å². The summed E-state index contributed by atoms with van der Waals surface area (Å²) in [6.07, 6.45) is 0.622. The van der Waals surface area contributed by atoms with Gasteiger partial charge in [-0.2, -0.15) is 4.40 Å². The molecular formula is C19H22FN4O5S2+. The molecule has 4 heterocycles. The van der Waals surface area contributed by atoms with Gasteiger partial charge in [-0.25, -0.2) is 9.59 Å². The Labute approximate surface area is 184 Å². The number of β-lactam (4-membered cyclic amide) rings is 1. The number of carbonyl (C=O) groups is 3. The summed E-state index contributed by atoms with van der Waals surface area (Å²) >= 11 is 2.42. The number of halogens is 1. The first-order valence-corrected chi connectivity index (χ1v) is 11.5. The summed E-state index contributed by atoms with van der Waals surface area (Å²) in [7, 11) is 0. The van der Waals surface area contributed by atoms with Gasteiger partial charge in [-0.05, 0) is 13.8 Å².